The smallest absolute Gasteiger partial charge is 0.330 e. The molecule has 4 aliphatic carbocycles. The molecule has 1 N–H and O–H groups in total. The normalized spacial score (nSPS) is 44.1. The van der Waals surface area contributed by atoms with Crippen molar-refractivity contribution >= 4 is 5.97 Å². The van der Waals surface area contributed by atoms with Crippen LogP contribution in [-0.4, -0.2) is 11.1 Å². The molecule has 0 amide bonds. The van der Waals surface area contributed by atoms with Crippen molar-refractivity contribution in [2.75, 3.05) is 0 Å². The van der Waals surface area contributed by atoms with Crippen LogP contribution in [0, 0.1) is 40.4 Å². The predicted molar refractivity (Wildman–Crippen MR) is 71.1 cm³/mol. The number of carboxylic acid groups (broad SMARTS) is 1. The first-order valence-electron chi connectivity index (χ1n) is 7.35. The molecule has 0 atom stereocenters. The molecule has 3 heteroatoms. The Morgan fingerprint density at radius 1 is 1.26 bits per heavy atom. The Bertz CT molecular complexity index is 444. The number of allylic oxidation sites excluding steroid dienone is 1. The van der Waals surface area contributed by atoms with Crippen LogP contribution >= 0.6 is 0 Å². The Kier molecular flexibility index (Phi) is 2.92. The van der Waals surface area contributed by atoms with Crippen molar-refractivity contribution in [1.82, 2.24) is 0 Å². The lowest BCUT2D eigenvalue weighted by Crippen LogP contribution is -2.52. The van der Waals surface area contributed by atoms with Crippen molar-refractivity contribution in [3.8, 4) is 6.07 Å². The van der Waals surface area contributed by atoms with E-state index in [0.29, 0.717) is 23.8 Å². The third kappa shape index (κ3) is 1.89. The second-order valence-electron chi connectivity index (χ2n) is 6.88. The van der Waals surface area contributed by atoms with Crippen molar-refractivity contribution in [1.29, 1.82) is 5.26 Å². The second-order valence-corrected chi connectivity index (χ2v) is 6.88. The molecule has 4 bridgehead atoms. The summed E-state index contributed by atoms with van der Waals surface area (Å²) in [5.41, 5.74) is 0.271. The predicted octanol–water partition coefficient (Wildman–Crippen LogP) is 3.37. The fourth-order valence-electron chi connectivity index (χ4n) is 5.24. The second kappa shape index (κ2) is 4.37. The number of carboxylic acids is 1. The SMILES string of the molecule is CC(=CC1(CC#N)C2CC3CC(C2)CC1C3)C(=O)O. The van der Waals surface area contributed by atoms with Gasteiger partial charge in [0.15, 0.2) is 0 Å². The van der Waals surface area contributed by atoms with Gasteiger partial charge >= 0.3 is 5.97 Å². The van der Waals surface area contributed by atoms with Crippen LogP contribution in [0.3, 0.4) is 0 Å². The van der Waals surface area contributed by atoms with Crippen LogP contribution in [0.4, 0.5) is 0 Å². The lowest BCUT2D eigenvalue weighted by atomic mass is 9.44. The molecule has 4 fully saturated rings. The molecule has 0 radical (unpaired) electrons. The van der Waals surface area contributed by atoms with E-state index >= 15 is 0 Å². The van der Waals surface area contributed by atoms with E-state index in [9.17, 15) is 10.1 Å². The molecule has 4 rings (SSSR count). The van der Waals surface area contributed by atoms with E-state index in [1.165, 1.54) is 32.1 Å². The summed E-state index contributed by atoms with van der Waals surface area (Å²) in [7, 11) is 0. The average Bonchev–Trinajstić information content (AvgIpc) is 2.34. The first kappa shape index (κ1) is 12.7. The van der Waals surface area contributed by atoms with E-state index in [1.54, 1.807) is 6.92 Å². The maximum atomic E-state index is 11.2. The van der Waals surface area contributed by atoms with Crippen molar-refractivity contribution < 1.29 is 9.90 Å². The Morgan fingerprint density at radius 2 is 1.79 bits per heavy atom. The van der Waals surface area contributed by atoms with Crippen LogP contribution in [0.15, 0.2) is 11.6 Å². The van der Waals surface area contributed by atoms with E-state index in [2.05, 4.69) is 6.07 Å². The van der Waals surface area contributed by atoms with Gasteiger partial charge in [-0.25, -0.2) is 4.79 Å². The fraction of sp³-hybridized carbons (Fsp3) is 0.750. The minimum Gasteiger partial charge on any atom is -0.478 e. The number of carbonyl (C=O) groups is 1. The molecule has 0 unspecified atom stereocenters. The van der Waals surface area contributed by atoms with Crippen LogP contribution in [0.2, 0.25) is 0 Å². The van der Waals surface area contributed by atoms with E-state index < -0.39 is 5.97 Å². The maximum absolute atomic E-state index is 11.2. The number of nitrogens with zero attached hydrogens (tertiary/aromatic N) is 1. The highest BCUT2D eigenvalue weighted by atomic mass is 16.4. The summed E-state index contributed by atoms with van der Waals surface area (Å²) in [6.07, 6.45) is 8.64. The Morgan fingerprint density at radius 3 is 2.21 bits per heavy atom. The number of rotatable bonds is 3. The molecule has 0 spiro atoms. The molecule has 3 nitrogen and oxygen atoms in total. The quantitative estimate of drug-likeness (QED) is 0.790. The number of hydrogen-bond donors (Lipinski definition) is 1. The Hall–Kier alpha value is -1.30. The molecule has 102 valence electrons. The molecule has 0 aromatic carbocycles. The van der Waals surface area contributed by atoms with Gasteiger partial charge in [0.25, 0.3) is 0 Å². The lowest BCUT2D eigenvalue weighted by Gasteiger charge is -2.60. The minimum atomic E-state index is -0.842. The van der Waals surface area contributed by atoms with Crippen LogP contribution in [0.5, 0.6) is 0 Å². The molecular weight excluding hydrogens is 238 g/mol. The lowest BCUT2D eigenvalue weighted by molar-refractivity contribution is -0.132. The van der Waals surface area contributed by atoms with Gasteiger partial charge in [-0.1, -0.05) is 6.08 Å². The maximum Gasteiger partial charge on any atom is 0.330 e. The topological polar surface area (TPSA) is 61.1 Å². The van der Waals surface area contributed by atoms with Gasteiger partial charge in [-0.05, 0) is 62.7 Å². The standard InChI is InChI=1S/C16H21NO2/c1-10(15(18)19)9-16(2-3-17)13-5-11-4-12(7-13)8-14(16)6-11/h9,11-14H,2,4-8H2,1H3,(H,18,19). The Labute approximate surface area is 114 Å². The number of aliphatic carboxylic acids is 1. The molecule has 4 aliphatic rings. The van der Waals surface area contributed by atoms with Gasteiger partial charge in [0.05, 0.1) is 6.07 Å². The molecule has 0 aromatic rings. The van der Waals surface area contributed by atoms with Crippen molar-refractivity contribution in [2.45, 2.75) is 45.4 Å². The van der Waals surface area contributed by atoms with E-state index in [4.69, 9.17) is 5.11 Å². The van der Waals surface area contributed by atoms with Crippen molar-refractivity contribution in [2.24, 2.45) is 29.1 Å². The third-order valence-corrected chi connectivity index (χ3v) is 5.87. The van der Waals surface area contributed by atoms with Gasteiger partial charge in [0, 0.05) is 17.4 Å². The van der Waals surface area contributed by atoms with Gasteiger partial charge in [0.1, 0.15) is 0 Å². The van der Waals surface area contributed by atoms with Gasteiger partial charge in [-0.3, -0.25) is 0 Å². The van der Waals surface area contributed by atoms with E-state index in [-0.39, 0.29) is 5.41 Å². The van der Waals surface area contributed by atoms with Gasteiger partial charge in [0.2, 0.25) is 0 Å². The zero-order chi connectivity index (χ0) is 13.6. The van der Waals surface area contributed by atoms with Crippen molar-refractivity contribution in [3.05, 3.63) is 11.6 Å². The highest BCUT2D eigenvalue weighted by Crippen LogP contribution is 2.64. The molecular formula is C16H21NO2. The van der Waals surface area contributed by atoms with E-state index in [1.807, 2.05) is 6.08 Å². The van der Waals surface area contributed by atoms with Crippen molar-refractivity contribution in [3.63, 3.8) is 0 Å². The van der Waals surface area contributed by atoms with Crippen LogP contribution in [0.1, 0.15) is 45.4 Å². The summed E-state index contributed by atoms with van der Waals surface area (Å²) in [4.78, 5) is 11.2. The molecule has 0 saturated heterocycles. The Balaban J connectivity index is 1.99. The summed E-state index contributed by atoms with van der Waals surface area (Å²) in [5.74, 6) is 1.92. The highest BCUT2D eigenvalue weighted by Gasteiger charge is 2.56. The summed E-state index contributed by atoms with van der Waals surface area (Å²) in [6, 6.07) is 2.34. The summed E-state index contributed by atoms with van der Waals surface area (Å²) in [6.45, 7) is 1.67. The first-order chi connectivity index (χ1) is 9.05. The summed E-state index contributed by atoms with van der Waals surface area (Å²) < 4.78 is 0. The molecule has 19 heavy (non-hydrogen) atoms. The average molecular weight is 259 g/mol. The third-order valence-electron chi connectivity index (χ3n) is 5.87. The van der Waals surface area contributed by atoms with E-state index in [0.717, 1.165) is 11.8 Å². The minimum absolute atomic E-state index is 0.148. The van der Waals surface area contributed by atoms with Gasteiger partial charge in [-0.15, -0.1) is 0 Å². The van der Waals surface area contributed by atoms with Crippen LogP contribution in [0.25, 0.3) is 0 Å². The van der Waals surface area contributed by atoms with Gasteiger partial charge < -0.3 is 5.11 Å². The summed E-state index contributed by atoms with van der Waals surface area (Å²) >= 11 is 0. The molecule has 4 saturated carbocycles. The zero-order valence-electron chi connectivity index (χ0n) is 11.4. The first-order valence-corrected chi connectivity index (χ1v) is 7.35. The molecule has 0 aliphatic heterocycles. The zero-order valence-corrected chi connectivity index (χ0v) is 11.4. The van der Waals surface area contributed by atoms with Crippen LogP contribution < -0.4 is 0 Å². The summed E-state index contributed by atoms with van der Waals surface area (Å²) in [5, 5.41) is 18.4. The van der Waals surface area contributed by atoms with Gasteiger partial charge in [-0.2, -0.15) is 5.26 Å². The number of nitriles is 1. The largest absolute Gasteiger partial charge is 0.478 e. The fourth-order valence-corrected chi connectivity index (χ4v) is 5.24. The molecule has 0 heterocycles. The molecule has 0 aromatic heterocycles. The van der Waals surface area contributed by atoms with Crippen LogP contribution in [-0.2, 0) is 4.79 Å². The monoisotopic (exact) mass is 259 g/mol. The number of hydrogen-bond acceptors (Lipinski definition) is 2. The highest BCUT2D eigenvalue weighted by molar-refractivity contribution is 5.86.